The summed E-state index contributed by atoms with van der Waals surface area (Å²) in [6, 6.07) is 3.67. The molecule has 1 rings (SSSR count). The van der Waals surface area contributed by atoms with Crippen molar-refractivity contribution in [3.63, 3.8) is 0 Å². The number of carbonyl (C=O) groups excluding carboxylic acids is 1. The number of hydrogen-bond acceptors (Lipinski definition) is 4. The first-order chi connectivity index (χ1) is 7.95. The van der Waals surface area contributed by atoms with E-state index in [4.69, 9.17) is 4.74 Å². The van der Waals surface area contributed by atoms with Gasteiger partial charge >= 0.3 is 0 Å². The van der Waals surface area contributed by atoms with E-state index in [0.717, 1.165) is 22.4 Å². The molecule has 0 unspecified atom stereocenters. The Labute approximate surface area is 101 Å². The molecule has 0 aliphatic heterocycles. The van der Waals surface area contributed by atoms with E-state index in [0.29, 0.717) is 0 Å². The van der Waals surface area contributed by atoms with Gasteiger partial charge in [0.2, 0.25) is 0 Å². The summed E-state index contributed by atoms with van der Waals surface area (Å²) in [5.41, 5.74) is 2.54. The van der Waals surface area contributed by atoms with E-state index < -0.39 is 12.1 Å². The molecule has 0 amide bonds. The minimum atomic E-state index is -1.15. The van der Waals surface area contributed by atoms with Crippen molar-refractivity contribution in [3.05, 3.63) is 28.8 Å². The summed E-state index contributed by atoms with van der Waals surface area (Å²) >= 11 is 0. The molecule has 1 atom stereocenters. The topological polar surface area (TPSA) is 69.6 Å². The zero-order valence-corrected chi connectivity index (χ0v) is 10.3. The number of aliphatic hydroxyl groups excluding tert-OH is 1. The van der Waals surface area contributed by atoms with Crippen molar-refractivity contribution in [3.8, 4) is 5.75 Å². The Morgan fingerprint density at radius 3 is 2.59 bits per heavy atom. The maximum Gasteiger partial charge on any atom is 0.122 e. The molecule has 0 aliphatic rings. The Kier molecular flexibility index (Phi) is 4.52. The fourth-order valence-electron chi connectivity index (χ4n) is 1.80. The van der Waals surface area contributed by atoms with Crippen LogP contribution in [0.4, 0.5) is 0 Å². The van der Waals surface area contributed by atoms with E-state index in [9.17, 15) is 15.0 Å². The summed E-state index contributed by atoms with van der Waals surface area (Å²) in [6.45, 7) is 3.74. The van der Waals surface area contributed by atoms with Gasteiger partial charge in [0.15, 0.2) is 0 Å². The number of ether oxygens (including phenoxy) is 1. The number of aliphatic carboxylic acids is 1. The van der Waals surface area contributed by atoms with Gasteiger partial charge < -0.3 is 19.7 Å². The molecule has 0 spiro atoms. The van der Waals surface area contributed by atoms with Gasteiger partial charge in [-0.25, -0.2) is 0 Å². The zero-order chi connectivity index (χ0) is 13.0. The summed E-state index contributed by atoms with van der Waals surface area (Å²) in [5.74, 6) is -0.384. The Hall–Kier alpha value is -1.55. The lowest BCUT2D eigenvalue weighted by Crippen LogP contribution is -2.22. The first-order valence-electron chi connectivity index (χ1n) is 5.48. The van der Waals surface area contributed by atoms with Gasteiger partial charge in [-0.05, 0) is 55.5 Å². The van der Waals surface area contributed by atoms with Crippen molar-refractivity contribution < 1.29 is 19.7 Å². The second kappa shape index (κ2) is 5.68. The molecule has 0 aromatic heterocycles. The molecule has 94 valence electrons. The number of benzene rings is 1. The SMILES string of the molecule is COc1cc(C)c([C@@H](O)CCC(=O)[O-])cc1C. The van der Waals surface area contributed by atoms with Crippen LogP contribution < -0.4 is 9.84 Å². The maximum absolute atomic E-state index is 10.3. The van der Waals surface area contributed by atoms with Crippen LogP contribution in [0, 0.1) is 13.8 Å². The van der Waals surface area contributed by atoms with E-state index in [1.165, 1.54) is 0 Å². The lowest BCUT2D eigenvalue weighted by Gasteiger charge is -2.16. The Bertz CT molecular complexity index is 412. The highest BCUT2D eigenvalue weighted by atomic mass is 16.5. The van der Waals surface area contributed by atoms with Crippen molar-refractivity contribution in [2.24, 2.45) is 0 Å². The second-order valence-electron chi connectivity index (χ2n) is 4.10. The highest BCUT2D eigenvalue weighted by Crippen LogP contribution is 2.28. The van der Waals surface area contributed by atoms with Crippen LogP contribution in [0.25, 0.3) is 0 Å². The first-order valence-corrected chi connectivity index (χ1v) is 5.48. The van der Waals surface area contributed by atoms with Crippen LogP contribution in [0.15, 0.2) is 12.1 Å². The fourth-order valence-corrected chi connectivity index (χ4v) is 1.80. The summed E-state index contributed by atoms with van der Waals surface area (Å²) in [5, 5.41) is 20.3. The number of carboxylic acid groups (broad SMARTS) is 1. The maximum atomic E-state index is 10.3. The molecule has 1 aromatic carbocycles. The van der Waals surface area contributed by atoms with Gasteiger partial charge in [-0.15, -0.1) is 0 Å². The molecule has 0 fully saturated rings. The molecule has 0 heterocycles. The van der Waals surface area contributed by atoms with Gasteiger partial charge in [-0.2, -0.15) is 0 Å². The molecule has 4 heteroatoms. The summed E-state index contributed by atoms with van der Waals surface area (Å²) < 4.78 is 5.17. The molecular weight excluding hydrogens is 220 g/mol. The molecular formula is C13H17O4-. The first kappa shape index (κ1) is 13.5. The Morgan fingerprint density at radius 2 is 2.06 bits per heavy atom. The minimum Gasteiger partial charge on any atom is -0.550 e. The van der Waals surface area contributed by atoms with Crippen LogP contribution in [0.5, 0.6) is 5.75 Å². The number of methoxy groups -OCH3 is 1. The lowest BCUT2D eigenvalue weighted by atomic mass is 9.97. The second-order valence-corrected chi connectivity index (χ2v) is 4.10. The van der Waals surface area contributed by atoms with E-state index in [2.05, 4.69) is 0 Å². The van der Waals surface area contributed by atoms with E-state index in [-0.39, 0.29) is 12.8 Å². The molecule has 17 heavy (non-hydrogen) atoms. The normalized spacial score (nSPS) is 12.2. The molecule has 1 N–H and O–H groups in total. The predicted molar refractivity (Wildman–Crippen MR) is 61.7 cm³/mol. The van der Waals surface area contributed by atoms with Gasteiger partial charge in [0.05, 0.1) is 13.2 Å². The number of rotatable bonds is 5. The van der Waals surface area contributed by atoms with Gasteiger partial charge in [-0.1, -0.05) is 0 Å². The largest absolute Gasteiger partial charge is 0.550 e. The third-order valence-electron chi connectivity index (χ3n) is 2.76. The quantitative estimate of drug-likeness (QED) is 0.825. The van der Waals surface area contributed by atoms with Gasteiger partial charge in [-0.3, -0.25) is 0 Å². The average molecular weight is 237 g/mol. The van der Waals surface area contributed by atoms with Crippen molar-refractivity contribution in [1.82, 2.24) is 0 Å². The zero-order valence-electron chi connectivity index (χ0n) is 10.3. The van der Waals surface area contributed by atoms with Crippen molar-refractivity contribution >= 4 is 5.97 Å². The Balaban J connectivity index is 2.90. The van der Waals surface area contributed by atoms with Gasteiger partial charge in [0, 0.05) is 5.97 Å². The van der Waals surface area contributed by atoms with Gasteiger partial charge in [0.25, 0.3) is 0 Å². The molecule has 0 saturated carbocycles. The van der Waals surface area contributed by atoms with Crippen molar-refractivity contribution in [1.29, 1.82) is 0 Å². The highest BCUT2D eigenvalue weighted by Gasteiger charge is 2.12. The number of aryl methyl sites for hydroxylation is 2. The molecule has 4 nitrogen and oxygen atoms in total. The molecule has 0 radical (unpaired) electrons. The third kappa shape index (κ3) is 3.46. The minimum absolute atomic E-state index is 0.147. The molecule has 1 aromatic rings. The smallest absolute Gasteiger partial charge is 0.122 e. The van der Waals surface area contributed by atoms with E-state index >= 15 is 0 Å². The number of aliphatic hydroxyl groups is 1. The number of carbonyl (C=O) groups is 1. The monoisotopic (exact) mass is 237 g/mol. The number of carboxylic acids is 1. The summed E-state index contributed by atoms with van der Waals surface area (Å²) in [7, 11) is 1.59. The molecule has 0 saturated heterocycles. The standard InChI is InChI=1S/C13H18O4/c1-8-7-12(17-3)9(2)6-10(8)11(14)4-5-13(15)16/h6-7,11,14H,4-5H2,1-3H3,(H,15,16)/p-1/t11-/m0/s1. The van der Waals surface area contributed by atoms with Crippen LogP contribution >= 0.6 is 0 Å². The third-order valence-corrected chi connectivity index (χ3v) is 2.76. The molecule has 0 aliphatic carbocycles. The van der Waals surface area contributed by atoms with E-state index in [1.807, 2.05) is 26.0 Å². The molecule has 0 bridgehead atoms. The van der Waals surface area contributed by atoms with Crippen LogP contribution in [-0.4, -0.2) is 18.2 Å². The average Bonchev–Trinajstić information content (AvgIpc) is 2.28. The Morgan fingerprint density at radius 1 is 1.41 bits per heavy atom. The van der Waals surface area contributed by atoms with Crippen LogP contribution in [0.3, 0.4) is 0 Å². The lowest BCUT2D eigenvalue weighted by molar-refractivity contribution is -0.306. The summed E-state index contributed by atoms with van der Waals surface area (Å²) in [4.78, 5) is 10.3. The summed E-state index contributed by atoms with van der Waals surface area (Å²) in [6.07, 6.45) is -0.766. The predicted octanol–water partition coefficient (Wildman–Crippen LogP) is 0.876. The van der Waals surface area contributed by atoms with Crippen molar-refractivity contribution in [2.75, 3.05) is 7.11 Å². The van der Waals surface area contributed by atoms with Crippen molar-refractivity contribution in [2.45, 2.75) is 32.8 Å². The van der Waals surface area contributed by atoms with Crippen LogP contribution in [0.1, 0.15) is 35.6 Å². The van der Waals surface area contributed by atoms with Gasteiger partial charge in [0.1, 0.15) is 5.75 Å². The van der Waals surface area contributed by atoms with E-state index in [1.54, 1.807) is 7.11 Å². The van der Waals surface area contributed by atoms with Crippen LogP contribution in [0.2, 0.25) is 0 Å². The fraction of sp³-hybridized carbons (Fsp3) is 0.462. The highest BCUT2D eigenvalue weighted by molar-refractivity contribution is 5.64. The van der Waals surface area contributed by atoms with Crippen LogP contribution in [-0.2, 0) is 4.79 Å². The number of hydrogen-bond donors (Lipinski definition) is 1.